The van der Waals surface area contributed by atoms with Crippen molar-refractivity contribution in [2.75, 3.05) is 12.1 Å². The fourth-order valence-corrected chi connectivity index (χ4v) is 3.61. The lowest BCUT2D eigenvalue weighted by molar-refractivity contribution is -0.141. The predicted molar refractivity (Wildman–Crippen MR) is 115 cm³/mol. The number of hydrogen-bond acceptors (Lipinski definition) is 7. The molecule has 2 aromatic carbocycles. The molecule has 0 aliphatic carbocycles. The molecule has 0 saturated carbocycles. The summed E-state index contributed by atoms with van der Waals surface area (Å²) >= 11 is 6.36. The summed E-state index contributed by atoms with van der Waals surface area (Å²) in [5.41, 5.74) is 2.01. The Bertz CT molecular complexity index is 1210. The second-order valence-electron chi connectivity index (χ2n) is 7.50. The number of rotatable bonds is 5. The van der Waals surface area contributed by atoms with E-state index in [-0.39, 0.29) is 11.6 Å². The van der Waals surface area contributed by atoms with Gasteiger partial charge >= 0.3 is 6.18 Å². The number of ether oxygens (including phenoxy) is 1. The Morgan fingerprint density at radius 1 is 1.12 bits per heavy atom. The minimum absolute atomic E-state index is 0.114. The van der Waals surface area contributed by atoms with Crippen molar-refractivity contribution in [1.29, 1.82) is 0 Å². The summed E-state index contributed by atoms with van der Waals surface area (Å²) < 4.78 is 46.0. The second kappa shape index (κ2) is 8.56. The van der Waals surface area contributed by atoms with Gasteiger partial charge in [0.2, 0.25) is 6.35 Å². The zero-order valence-electron chi connectivity index (χ0n) is 17.9. The highest BCUT2D eigenvalue weighted by atomic mass is 35.5. The molecule has 0 saturated heterocycles. The van der Waals surface area contributed by atoms with Crippen LogP contribution in [0.15, 0.2) is 52.9 Å². The molecule has 174 valence electrons. The number of alkyl halides is 3. The van der Waals surface area contributed by atoms with E-state index in [0.717, 1.165) is 17.2 Å². The first-order valence-corrected chi connectivity index (χ1v) is 10.2. The van der Waals surface area contributed by atoms with Crippen LogP contribution < -0.4 is 9.75 Å². The summed E-state index contributed by atoms with van der Waals surface area (Å²) in [5.74, 6) is 0.344. The summed E-state index contributed by atoms with van der Waals surface area (Å²) in [6.07, 6.45) is -5.59. The Morgan fingerprint density at radius 2 is 1.88 bits per heavy atom. The summed E-state index contributed by atoms with van der Waals surface area (Å²) in [5, 5.41) is 24.6. The molecule has 8 nitrogen and oxygen atoms in total. The van der Waals surface area contributed by atoms with E-state index in [4.69, 9.17) is 16.3 Å². The molecule has 4 rings (SSSR count). The van der Waals surface area contributed by atoms with E-state index >= 15 is 0 Å². The third kappa shape index (κ3) is 4.46. The standard InChI is InChI=1S/C21H20ClF3N6O2/c1-12-5-4-6-17(31-20(32)29(3)27-28-31)15(12)11-33-18-8-7-14(10-16(18)22)30-13(2)9-19(26-30)21(23,24)25/h4-10,20,32H,11H2,1-3H3. The molecular weight excluding hydrogens is 461 g/mol. The lowest BCUT2D eigenvalue weighted by Crippen LogP contribution is -2.36. The molecule has 2 heterocycles. The fraction of sp³-hybridized carbons (Fsp3) is 0.286. The van der Waals surface area contributed by atoms with Gasteiger partial charge in [0.05, 0.1) is 16.4 Å². The van der Waals surface area contributed by atoms with Gasteiger partial charge in [0.15, 0.2) is 5.69 Å². The monoisotopic (exact) mass is 480 g/mol. The molecule has 0 spiro atoms. The van der Waals surface area contributed by atoms with E-state index < -0.39 is 18.2 Å². The van der Waals surface area contributed by atoms with Gasteiger partial charge in [-0.05, 0) is 60.2 Å². The normalized spacial score (nSPS) is 16.1. The molecule has 0 bridgehead atoms. The molecular formula is C21H20ClF3N6O2. The van der Waals surface area contributed by atoms with E-state index in [2.05, 4.69) is 15.5 Å². The number of nitrogens with zero attached hydrogens (tertiary/aromatic N) is 6. The van der Waals surface area contributed by atoms with Gasteiger partial charge in [0.25, 0.3) is 0 Å². The Morgan fingerprint density at radius 3 is 2.48 bits per heavy atom. The average molecular weight is 481 g/mol. The van der Waals surface area contributed by atoms with Crippen LogP contribution in [0.2, 0.25) is 5.02 Å². The Balaban J connectivity index is 1.57. The van der Waals surface area contributed by atoms with Crippen molar-refractivity contribution in [3.05, 3.63) is 70.0 Å². The van der Waals surface area contributed by atoms with Crippen molar-refractivity contribution in [1.82, 2.24) is 14.8 Å². The van der Waals surface area contributed by atoms with Gasteiger partial charge in [0.1, 0.15) is 12.4 Å². The van der Waals surface area contributed by atoms with Crippen molar-refractivity contribution in [2.24, 2.45) is 10.4 Å². The Labute approximate surface area is 192 Å². The summed E-state index contributed by atoms with van der Waals surface area (Å²) in [4.78, 5) is 0. The molecule has 0 fully saturated rings. The van der Waals surface area contributed by atoms with Gasteiger partial charge in [-0.15, -0.1) is 0 Å². The van der Waals surface area contributed by atoms with Gasteiger partial charge in [-0.3, -0.25) is 0 Å². The van der Waals surface area contributed by atoms with Gasteiger partial charge in [-0.2, -0.15) is 23.3 Å². The first-order valence-electron chi connectivity index (χ1n) is 9.83. The van der Waals surface area contributed by atoms with Crippen LogP contribution in [0.25, 0.3) is 5.69 Å². The highest BCUT2D eigenvalue weighted by molar-refractivity contribution is 6.32. The number of aryl methyl sites for hydroxylation is 2. The lowest BCUT2D eigenvalue weighted by atomic mass is 10.1. The number of aliphatic hydroxyl groups excluding tert-OH is 1. The first-order chi connectivity index (χ1) is 15.6. The maximum atomic E-state index is 13.0. The SMILES string of the molecule is Cc1cccc(N2N=NN(C)C2O)c1COc1ccc(-n2nc(C(F)(F)F)cc2C)cc1Cl. The molecule has 33 heavy (non-hydrogen) atoms. The molecule has 1 atom stereocenters. The molecule has 0 amide bonds. The first kappa shape index (κ1) is 22.9. The minimum atomic E-state index is -4.54. The largest absolute Gasteiger partial charge is 0.487 e. The van der Waals surface area contributed by atoms with E-state index in [9.17, 15) is 18.3 Å². The average Bonchev–Trinajstić information content (AvgIpc) is 3.30. The quantitative estimate of drug-likeness (QED) is 0.553. The summed E-state index contributed by atoms with van der Waals surface area (Å²) in [7, 11) is 1.60. The van der Waals surface area contributed by atoms with Crippen LogP contribution in [0.4, 0.5) is 18.9 Å². The van der Waals surface area contributed by atoms with Gasteiger partial charge < -0.3 is 9.84 Å². The lowest BCUT2D eigenvalue weighted by Gasteiger charge is -2.23. The summed E-state index contributed by atoms with van der Waals surface area (Å²) in [6, 6.07) is 11.1. The highest BCUT2D eigenvalue weighted by Gasteiger charge is 2.34. The topological polar surface area (TPSA) is 78.5 Å². The third-order valence-electron chi connectivity index (χ3n) is 5.17. The molecule has 3 aromatic rings. The number of aromatic nitrogens is 2. The Hall–Kier alpha value is -3.31. The molecule has 1 unspecified atom stereocenters. The fourth-order valence-electron chi connectivity index (χ4n) is 3.38. The van der Waals surface area contributed by atoms with Crippen molar-refractivity contribution >= 4 is 17.3 Å². The summed E-state index contributed by atoms with van der Waals surface area (Å²) in [6.45, 7) is 3.54. The van der Waals surface area contributed by atoms with E-state index in [1.54, 1.807) is 25.2 Å². The van der Waals surface area contributed by atoms with Crippen LogP contribution in [0.1, 0.15) is 22.5 Å². The molecule has 1 N–H and O–H groups in total. The van der Waals surface area contributed by atoms with Gasteiger partial charge in [-0.25, -0.2) is 9.69 Å². The van der Waals surface area contributed by atoms with E-state index in [1.165, 1.54) is 27.7 Å². The maximum Gasteiger partial charge on any atom is 0.435 e. The Kier molecular flexibility index (Phi) is 5.93. The smallest absolute Gasteiger partial charge is 0.435 e. The van der Waals surface area contributed by atoms with Crippen LogP contribution in [0.5, 0.6) is 5.75 Å². The number of halogens is 4. The molecule has 1 aromatic heterocycles. The number of anilines is 1. The zero-order valence-corrected chi connectivity index (χ0v) is 18.6. The molecule has 1 aliphatic rings. The maximum absolute atomic E-state index is 13.0. The van der Waals surface area contributed by atoms with Crippen molar-refractivity contribution in [3.63, 3.8) is 0 Å². The molecule has 1 aliphatic heterocycles. The molecule has 0 radical (unpaired) electrons. The van der Waals surface area contributed by atoms with Gasteiger partial charge in [-0.1, -0.05) is 23.7 Å². The number of aliphatic hydroxyl groups is 1. The number of hydrogen-bond donors (Lipinski definition) is 1. The van der Waals surface area contributed by atoms with Crippen LogP contribution in [-0.2, 0) is 12.8 Å². The second-order valence-corrected chi connectivity index (χ2v) is 7.91. The van der Waals surface area contributed by atoms with Crippen LogP contribution >= 0.6 is 11.6 Å². The van der Waals surface area contributed by atoms with Crippen LogP contribution in [-0.4, -0.2) is 33.3 Å². The zero-order chi connectivity index (χ0) is 23.9. The van der Waals surface area contributed by atoms with E-state index in [0.29, 0.717) is 22.8 Å². The third-order valence-corrected chi connectivity index (χ3v) is 5.47. The molecule has 12 heteroatoms. The van der Waals surface area contributed by atoms with Crippen molar-refractivity contribution < 1.29 is 23.0 Å². The van der Waals surface area contributed by atoms with Crippen molar-refractivity contribution in [3.8, 4) is 11.4 Å². The highest BCUT2D eigenvalue weighted by Crippen LogP contribution is 2.34. The van der Waals surface area contributed by atoms with Crippen LogP contribution in [0, 0.1) is 13.8 Å². The van der Waals surface area contributed by atoms with Crippen LogP contribution in [0.3, 0.4) is 0 Å². The number of benzene rings is 2. The van der Waals surface area contributed by atoms with Crippen molar-refractivity contribution in [2.45, 2.75) is 33.0 Å². The minimum Gasteiger partial charge on any atom is -0.487 e. The predicted octanol–water partition coefficient (Wildman–Crippen LogP) is 5.05. The van der Waals surface area contributed by atoms with E-state index in [1.807, 2.05) is 19.1 Å². The van der Waals surface area contributed by atoms with Gasteiger partial charge in [0, 0.05) is 18.3 Å².